The number of hydrogen-bond donors (Lipinski definition) is 2. The van der Waals surface area contributed by atoms with E-state index in [1.807, 2.05) is 18.7 Å². The lowest BCUT2D eigenvalue weighted by Gasteiger charge is -2.26. The van der Waals surface area contributed by atoms with E-state index < -0.39 is 0 Å². The Bertz CT molecular complexity index is 406. The van der Waals surface area contributed by atoms with Crippen LogP contribution in [0.15, 0.2) is 0 Å². The molecule has 0 aromatic carbocycles. The number of nitrogens with one attached hydrogen (secondary N) is 1. The Hall–Kier alpha value is -1.10. The molecule has 0 atom stereocenters. The summed E-state index contributed by atoms with van der Waals surface area (Å²) in [6, 6.07) is 0. The molecule has 1 fully saturated rings. The zero-order valence-corrected chi connectivity index (χ0v) is 10.6. The van der Waals surface area contributed by atoms with Crippen LogP contribution in [0.5, 0.6) is 0 Å². The molecule has 0 saturated heterocycles. The number of aromatic nitrogens is 2. The minimum Gasteiger partial charge on any atom is -0.389 e. The van der Waals surface area contributed by atoms with E-state index in [2.05, 4.69) is 10.4 Å². The molecule has 0 aliphatic heterocycles. The van der Waals surface area contributed by atoms with Crippen LogP contribution in [0, 0.1) is 12.8 Å². The molecule has 3 N–H and O–H groups in total. The molecule has 16 heavy (non-hydrogen) atoms. The monoisotopic (exact) mass is 238 g/mol. The van der Waals surface area contributed by atoms with E-state index in [1.54, 1.807) is 0 Å². The van der Waals surface area contributed by atoms with E-state index in [9.17, 15) is 0 Å². The smallest absolute Gasteiger partial charge is 0.134 e. The van der Waals surface area contributed by atoms with Crippen molar-refractivity contribution in [2.75, 3.05) is 11.9 Å². The fourth-order valence-corrected chi connectivity index (χ4v) is 2.34. The van der Waals surface area contributed by atoms with Gasteiger partial charge in [-0.1, -0.05) is 18.6 Å². The highest BCUT2D eigenvalue weighted by Crippen LogP contribution is 2.27. The van der Waals surface area contributed by atoms with Crippen molar-refractivity contribution in [3.63, 3.8) is 0 Å². The van der Waals surface area contributed by atoms with Crippen LogP contribution < -0.4 is 11.1 Å². The first-order valence-electron chi connectivity index (χ1n) is 5.67. The van der Waals surface area contributed by atoms with Gasteiger partial charge >= 0.3 is 0 Å². The molecule has 1 aliphatic rings. The molecule has 0 spiro atoms. The van der Waals surface area contributed by atoms with Gasteiger partial charge in [-0.05, 0) is 25.7 Å². The largest absolute Gasteiger partial charge is 0.389 e. The maximum Gasteiger partial charge on any atom is 0.134 e. The molecule has 1 aromatic rings. The van der Waals surface area contributed by atoms with Crippen LogP contribution in [0.4, 0.5) is 5.82 Å². The van der Waals surface area contributed by atoms with Crippen LogP contribution in [-0.2, 0) is 7.05 Å². The van der Waals surface area contributed by atoms with Gasteiger partial charge in [0.2, 0.25) is 0 Å². The number of rotatable bonds is 4. The van der Waals surface area contributed by atoms with E-state index >= 15 is 0 Å². The van der Waals surface area contributed by atoms with Gasteiger partial charge in [0, 0.05) is 13.6 Å². The Morgan fingerprint density at radius 3 is 2.81 bits per heavy atom. The molecule has 1 heterocycles. The Labute approximate surface area is 101 Å². The highest BCUT2D eigenvalue weighted by Gasteiger charge is 2.20. The first-order valence-corrected chi connectivity index (χ1v) is 6.07. The van der Waals surface area contributed by atoms with Crippen molar-refractivity contribution in [3.8, 4) is 0 Å². The van der Waals surface area contributed by atoms with Gasteiger partial charge < -0.3 is 11.1 Å². The van der Waals surface area contributed by atoms with Crippen molar-refractivity contribution in [1.82, 2.24) is 9.78 Å². The predicted octanol–water partition coefficient (Wildman–Crippen LogP) is 1.57. The maximum absolute atomic E-state index is 5.72. The van der Waals surface area contributed by atoms with Gasteiger partial charge in [0.25, 0.3) is 0 Å². The molecule has 0 amide bonds. The van der Waals surface area contributed by atoms with Gasteiger partial charge in [-0.2, -0.15) is 5.10 Å². The highest BCUT2D eigenvalue weighted by molar-refractivity contribution is 7.80. The molecule has 0 bridgehead atoms. The summed E-state index contributed by atoms with van der Waals surface area (Å²) in [7, 11) is 1.91. The maximum atomic E-state index is 5.72. The van der Waals surface area contributed by atoms with Gasteiger partial charge in [-0.15, -0.1) is 0 Å². The standard InChI is InChI=1S/C11H18N4S/c1-7-9(10(12)16)11(15(2)14-7)13-6-8-4-3-5-8/h8,13H,3-6H2,1-2H3,(H2,12,16). The van der Waals surface area contributed by atoms with Crippen LogP contribution in [0.2, 0.25) is 0 Å². The molecule has 0 radical (unpaired) electrons. The lowest BCUT2D eigenvalue weighted by atomic mass is 9.85. The predicted molar refractivity (Wildman–Crippen MR) is 69.7 cm³/mol. The van der Waals surface area contributed by atoms with Crippen LogP contribution in [-0.4, -0.2) is 21.3 Å². The van der Waals surface area contributed by atoms with Crippen molar-refractivity contribution in [2.24, 2.45) is 18.7 Å². The van der Waals surface area contributed by atoms with E-state index in [4.69, 9.17) is 18.0 Å². The minimum absolute atomic E-state index is 0.418. The van der Waals surface area contributed by atoms with Crippen LogP contribution in [0.3, 0.4) is 0 Å². The quantitative estimate of drug-likeness (QED) is 0.782. The molecular formula is C11H18N4S. The second kappa shape index (κ2) is 4.41. The summed E-state index contributed by atoms with van der Waals surface area (Å²) in [5.74, 6) is 1.76. The van der Waals surface area contributed by atoms with Crippen LogP contribution >= 0.6 is 12.2 Å². The first-order chi connectivity index (χ1) is 7.59. The van der Waals surface area contributed by atoms with Crippen LogP contribution in [0.1, 0.15) is 30.5 Å². The number of thiocarbonyl (C=S) groups is 1. The Morgan fingerprint density at radius 2 is 2.31 bits per heavy atom. The molecular weight excluding hydrogens is 220 g/mol. The van der Waals surface area contributed by atoms with Gasteiger partial charge in [0.15, 0.2) is 0 Å². The summed E-state index contributed by atoms with van der Waals surface area (Å²) in [6.07, 6.45) is 4.01. The normalized spacial score (nSPS) is 15.9. The number of anilines is 1. The average Bonchev–Trinajstić information content (AvgIpc) is 2.38. The van der Waals surface area contributed by atoms with Crippen molar-refractivity contribution in [1.29, 1.82) is 0 Å². The zero-order chi connectivity index (χ0) is 11.7. The van der Waals surface area contributed by atoms with Crippen molar-refractivity contribution in [2.45, 2.75) is 26.2 Å². The van der Waals surface area contributed by atoms with E-state index in [1.165, 1.54) is 19.3 Å². The van der Waals surface area contributed by atoms with Crippen molar-refractivity contribution < 1.29 is 0 Å². The second-order valence-electron chi connectivity index (χ2n) is 4.47. The fraction of sp³-hybridized carbons (Fsp3) is 0.636. The molecule has 1 aromatic heterocycles. The number of nitrogens with two attached hydrogens (primary N) is 1. The third-order valence-electron chi connectivity index (χ3n) is 3.25. The lowest BCUT2D eigenvalue weighted by Crippen LogP contribution is -2.23. The first kappa shape index (κ1) is 11.4. The lowest BCUT2D eigenvalue weighted by molar-refractivity contribution is 0.333. The fourth-order valence-electron chi connectivity index (χ4n) is 2.09. The van der Waals surface area contributed by atoms with Gasteiger partial charge in [0.1, 0.15) is 10.8 Å². The van der Waals surface area contributed by atoms with E-state index in [0.717, 1.165) is 29.5 Å². The summed E-state index contributed by atoms with van der Waals surface area (Å²) in [6.45, 7) is 2.93. The second-order valence-corrected chi connectivity index (χ2v) is 4.91. The van der Waals surface area contributed by atoms with Gasteiger partial charge in [-0.25, -0.2) is 0 Å². The third kappa shape index (κ3) is 2.04. The molecule has 1 aliphatic carbocycles. The average molecular weight is 238 g/mol. The Kier molecular flexibility index (Phi) is 3.14. The molecule has 1 saturated carbocycles. The Morgan fingerprint density at radius 1 is 1.62 bits per heavy atom. The number of aryl methyl sites for hydroxylation is 2. The summed E-state index contributed by atoms with van der Waals surface area (Å²) in [5, 5.41) is 7.76. The van der Waals surface area contributed by atoms with Gasteiger partial charge in [-0.3, -0.25) is 4.68 Å². The summed E-state index contributed by atoms with van der Waals surface area (Å²) < 4.78 is 1.82. The van der Waals surface area contributed by atoms with E-state index in [-0.39, 0.29) is 0 Å². The summed E-state index contributed by atoms with van der Waals surface area (Å²) >= 11 is 5.06. The summed E-state index contributed by atoms with van der Waals surface area (Å²) in [5.41, 5.74) is 7.50. The van der Waals surface area contributed by atoms with Gasteiger partial charge in [0.05, 0.1) is 11.3 Å². The third-order valence-corrected chi connectivity index (χ3v) is 3.46. The summed E-state index contributed by atoms with van der Waals surface area (Å²) in [4.78, 5) is 0.418. The molecule has 0 unspecified atom stereocenters. The van der Waals surface area contributed by atoms with E-state index in [0.29, 0.717) is 4.99 Å². The Balaban J connectivity index is 2.14. The molecule has 4 nitrogen and oxygen atoms in total. The topological polar surface area (TPSA) is 55.9 Å². The molecule has 5 heteroatoms. The minimum atomic E-state index is 0.418. The highest BCUT2D eigenvalue weighted by atomic mass is 32.1. The molecule has 2 rings (SSSR count). The number of nitrogens with zero attached hydrogens (tertiary/aromatic N) is 2. The number of hydrogen-bond acceptors (Lipinski definition) is 3. The van der Waals surface area contributed by atoms with Crippen LogP contribution in [0.25, 0.3) is 0 Å². The zero-order valence-electron chi connectivity index (χ0n) is 9.79. The van der Waals surface area contributed by atoms with Crippen molar-refractivity contribution in [3.05, 3.63) is 11.3 Å². The van der Waals surface area contributed by atoms with Crippen molar-refractivity contribution >= 4 is 23.0 Å². The molecule has 88 valence electrons. The SMILES string of the molecule is Cc1nn(C)c(NCC2CCC2)c1C(N)=S.